The van der Waals surface area contributed by atoms with Crippen LogP contribution in [-0.2, 0) is 13.6 Å². The molecule has 25 heavy (non-hydrogen) atoms. The first-order valence-electron chi connectivity index (χ1n) is 7.89. The summed E-state index contributed by atoms with van der Waals surface area (Å²) in [5.41, 5.74) is 3.87. The Morgan fingerprint density at radius 2 is 1.88 bits per heavy atom. The van der Waals surface area contributed by atoms with E-state index in [-0.39, 0.29) is 6.54 Å². The van der Waals surface area contributed by atoms with Crippen molar-refractivity contribution in [2.24, 2.45) is 12.0 Å². The molecule has 0 aliphatic rings. The Kier molecular flexibility index (Phi) is 6.70. The summed E-state index contributed by atoms with van der Waals surface area (Å²) in [6.07, 6.45) is -0.753. The summed E-state index contributed by atoms with van der Waals surface area (Å²) in [6, 6.07) is 5.02. The summed E-state index contributed by atoms with van der Waals surface area (Å²) >= 11 is 11.9. The molecule has 6 nitrogen and oxygen atoms in total. The molecule has 1 unspecified atom stereocenters. The van der Waals surface area contributed by atoms with Gasteiger partial charge in [0, 0.05) is 48.5 Å². The lowest BCUT2D eigenvalue weighted by molar-refractivity contribution is 0.181. The van der Waals surface area contributed by atoms with Crippen molar-refractivity contribution in [1.29, 1.82) is 0 Å². The molecular formula is C17H23Cl2N5O. The van der Waals surface area contributed by atoms with Gasteiger partial charge in [0.2, 0.25) is 0 Å². The highest BCUT2D eigenvalue weighted by Crippen LogP contribution is 2.23. The summed E-state index contributed by atoms with van der Waals surface area (Å²) in [5, 5.41) is 22.0. The second-order valence-corrected chi connectivity index (χ2v) is 6.67. The Balaban J connectivity index is 1.94. The van der Waals surface area contributed by atoms with E-state index in [4.69, 9.17) is 23.2 Å². The number of aliphatic imine (C=N–C) groups is 1. The van der Waals surface area contributed by atoms with Crippen molar-refractivity contribution in [2.75, 3.05) is 13.6 Å². The van der Waals surface area contributed by atoms with Crippen LogP contribution in [0.2, 0.25) is 10.0 Å². The van der Waals surface area contributed by atoms with Crippen LogP contribution in [0.3, 0.4) is 0 Å². The van der Waals surface area contributed by atoms with Gasteiger partial charge < -0.3 is 15.7 Å². The van der Waals surface area contributed by atoms with Crippen molar-refractivity contribution in [3.05, 3.63) is 50.8 Å². The van der Waals surface area contributed by atoms with Gasteiger partial charge in [-0.15, -0.1) is 0 Å². The van der Waals surface area contributed by atoms with Crippen LogP contribution in [-0.4, -0.2) is 34.4 Å². The summed E-state index contributed by atoms with van der Waals surface area (Å²) in [5.74, 6) is 0.592. The third kappa shape index (κ3) is 5.11. The number of nitrogens with zero attached hydrogens (tertiary/aromatic N) is 3. The zero-order valence-corrected chi connectivity index (χ0v) is 16.3. The van der Waals surface area contributed by atoms with Gasteiger partial charge in [0.15, 0.2) is 5.96 Å². The molecule has 0 radical (unpaired) electrons. The zero-order valence-electron chi connectivity index (χ0n) is 14.8. The molecule has 0 aliphatic carbocycles. The van der Waals surface area contributed by atoms with E-state index in [1.807, 2.05) is 25.6 Å². The van der Waals surface area contributed by atoms with Crippen molar-refractivity contribution >= 4 is 29.2 Å². The number of nitrogens with one attached hydrogen (secondary N) is 2. The topological polar surface area (TPSA) is 74.5 Å². The Morgan fingerprint density at radius 3 is 2.40 bits per heavy atom. The van der Waals surface area contributed by atoms with Crippen LogP contribution in [0.15, 0.2) is 23.2 Å². The fourth-order valence-electron chi connectivity index (χ4n) is 2.54. The molecule has 136 valence electrons. The summed E-state index contributed by atoms with van der Waals surface area (Å²) in [7, 11) is 3.60. The highest BCUT2D eigenvalue weighted by atomic mass is 35.5. The third-order valence-electron chi connectivity index (χ3n) is 4.05. The molecule has 0 saturated carbocycles. The smallest absolute Gasteiger partial charge is 0.191 e. The van der Waals surface area contributed by atoms with Gasteiger partial charge in [-0.05, 0) is 37.6 Å². The molecule has 1 aromatic heterocycles. The molecule has 0 spiro atoms. The Morgan fingerprint density at radius 1 is 1.24 bits per heavy atom. The second-order valence-electron chi connectivity index (χ2n) is 5.80. The summed E-state index contributed by atoms with van der Waals surface area (Å²) in [4.78, 5) is 4.17. The van der Waals surface area contributed by atoms with Crippen LogP contribution in [0.5, 0.6) is 0 Å². The number of aliphatic hydroxyl groups excluding tert-OH is 1. The number of aryl methyl sites for hydroxylation is 2. The molecule has 3 N–H and O–H groups in total. The fraction of sp³-hybridized carbons (Fsp3) is 0.412. The van der Waals surface area contributed by atoms with Crippen LogP contribution in [0.4, 0.5) is 0 Å². The van der Waals surface area contributed by atoms with Crippen LogP contribution < -0.4 is 10.6 Å². The molecule has 0 amide bonds. The third-order valence-corrected chi connectivity index (χ3v) is 4.48. The van der Waals surface area contributed by atoms with Crippen molar-refractivity contribution in [3.63, 3.8) is 0 Å². The first-order valence-corrected chi connectivity index (χ1v) is 8.65. The molecule has 0 bridgehead atoms. The van der Waals surface area contributed by atoms with Gasteiger partial charge in [-0.3, -0.25) is 9.67 Å². The highest BCUT2D eigenvalue weighted by molar-refractivity contribution is 6.34. The van der Waals surface area contributed by atoms with Crippen molar-refractivity contribution in [2.45, 2.75) is 26.5 Å². The molecule has 0 saturated heterocycles. The maximum Gasteiger partial charge on any atom is 0.191 e. The van der Waals surface area contributed by atoms with E-state index < -0.39 is 6.10 Å². The van der Waals surface area contributed by atoms with E-state index in [1.165, 1.54) is 0 Å². The van der Waals surface area contributed by atoms with Gasteiger partial charge in [-0.2, -0.15) is 5.10 Å². The first kappa shape index (κ1) is 19.6. The van der Waals surface area contributed by atoms with Gasteiger partial charge >= 0.3 is 0 Å². The molecule has 1 atom stereocenters. The second kappa shape index (κ2) is 8.56. The lowest BCUT2D eigenvalue weighted by Crippen LogP contribution is -2.39. The van der Waals surface area contributed by atoms with Crippen LogP contribution in [0.1, 0.15) is 28.6 Å². The van der Waals surface area contributed by atoms with Gasteiger partial charge in [0.1, 0.15) is 0 Å². The number of hydrogen-bond donors (Lipinski definition) is 3. The normalized spacial score (nSPS) is 13.0. The average molecular weight is 384 g/mol. The number of aromatic nitrogens is 2. The number of halogens is 2. The standard InChI is InChI=1S/C17H23Cl2N5O/c1-10-15(11(2)24(4)23-10)8-21-17(20-3)22-9-16(25)12-5-13(18)7-14(19)6-12/h5-7,16,25H,8-9H2,1-4H3,(H2,20,21,22). The lowest BCUT2D eigenvalue weighted by atomic mass is 10.1. The van der Waals surface area contributed by atoms with E-state index in [0.717, 1.165) is 17.0 Å². The zero-order chi connectivity index (χ0) is 18.6. The number of hydrogen-bond acceptors (Lipinski definition) is 3. The molecule has 1 heterocycles. The monoisotopic (exact) mass is 383 g/mol. The SMILES string of the molecule is CN=C(NCc1c(C)nn(C)c1C)NCC(O)c1cc(Cl)cc(Cl)c1. The van der Waals surface area contributed by atoms with Gasteiger partial charge in [-0.1, -0.05) is 23.2 Å². The van der Waals surface area contributed by atoms with E-state index in [1.54, 1.807) is 25.2 Å². The Bertz CT molecular complexity index is 752. The van der Waals surface area contributed by atoms with E-state index in [9.17, 15) is 5.11 Å². The van der Waals surface area contributed by atoms with Crippen molar-refractivity contribution in [1.82, 2.24) is 20.4 Å². The summed E-state index contributed by atoms with van der Waals surface area (Å²) < 4.78 is 1.86. The molecule has 2 aromatic rings. The molecule has 8 heteroatoms. The number of guanidine groups is 1. The lowest BCUT2D eigenvalue weighted by Gasteiger charge is -2.16. The van der Waals surface area contributed by atoms with Crippen LogP contribution in [0.25, 0.3) is 0 Å². The maximum atomic E-state index is 10.3. The largest absolute Gasteiger partial charge is 0.387 e. The van der Waals surface area contributed by atoms with Gasteiger partial charge in [0.05, 0.1) is 11.8 Å². The number of benzene rings is 1. The van der Waals surface area contributed by atoms with Crippen LogP contribution in [0, 0.1) is 13.8 Å². The molecular weight excluding hydrogens is 361 g/mol. The summed E-state index contributed by atoms with van der Waals surface area (Å²) in [6.45, 7) is 4.89. The van der Waals surface area contributed by atoms with E-state index in [2.05, 4.69) is 20.7 Å². The average Bonchev–Trinajstić information content (AvgIpc) is 2.79. The minimum absolute atomic E-state index is 0.279. The molecule has 0 fully saturated rings. The van der Waals surface area contributed by atoms with E-state index >= 15 is 0 Å². The van der Waals surface area contributed by atoms with Crippen LogP contribution >= 0.6 is 23.2 Å². The molecule has 2 rings (SSSR count). The first-order chi connectivity index (χ1) is 11.8. The number of aliphatic hydroxyl groups is 1. The molecule has 0 aliphatic heterocycles. The number of rotatable bonds is 5. The Hall–Kier alpha value is -1.76. The van der Waals surface area contributed by atoms with Crippen molar-refractivity contribution in [3.8, 4) is 0 Å². The maximum absolute atomic E-state index is 10.3. The van der Waals surface area contributed by atoms with E-state index in [0.29, 0.717) is 28.1 Å². The quantitative estimate of drug-likeness (QED) is 0.548. The van der Waals surface area contributed by atoms with Crippen molar-refractivity contribution < 1.29 is 5.11 Å². The molecule has 1 aromatic carbocycles. The predicted octanol–water partition coefficient (Wildman–Crippen LogP) is 2.74. The Labute approximate surface area is 157 Å². The van der Waals surface area contributed by atoms with Gasteiger partial charge in [0.25, 0.3) is 0 Å². The minimum Gasteiger partial charge on any atom is -0.387 e. The highest BCUT2D eigenvalue weighted by Gasteiger charge is 2.12. The van der Waals surface area contributed by atoms with Gasteiger partial charge in [-0.25, -0.2) is 0 Å². The predicted molar refractivity (Wildman–Crippen MR) is 102 cm³/mol. The fourth-order valence-corrected chi connectivity index (χ4v) is 3.09. The minimum atomic E-state index is -0.753.